The van der Waals surface area contributed by atoms with E-state index in [-0.39, 0.29) is 12.1 Å². The quantitative estimate of drug-likeness (QED) is 0.627. The molecule has 2 aromatic heterocycles. The molecule has 10 nitrogen and oxygen atoms in total. The molecule has 1 saturated carbocycles. The second kappa shape index (κ2) is 6.47. The van der Waals surface area contributed by atoms with Crippen molar-refractivity contribution in [3.05, 3.63) is 30.5 Å². The third-order valence-corrected chi connectivity index (χ3v) is 4.31. The molecule has 26 heavy (non-hydrogen) atoms. The number of carboxylic acid groups (broad SMARTS) is 1. The molecule has 0 radical (unpaired) electrons. The van der Waals surface area contributed by atoms with Crippen LogP contribution in [0.2, 0.25) is 0 Å². The predicted molar refractivity (Wildman–Crippen MR) is 92.6 cm³/mol. The van der Waals surface area contributed by atoms with Crippen LogP contribution in [0.4, 0.5) is 10.7 Å². The summed E-state index contributed by atoms with van der Waals surface area (Å²) >= 11 is 0. The number of ether oxygens (including phenoxy) is 1. The molecule has 1 aliphatic carbocycles. The summed E-state index contributed by atoms with van der Waals surface area (Å²) in [5.74, 6) is 1.22. The fraction of sp³-hybridized carbons (Fsp3) is 0.312. The first-order valence-corrected chi connectivity index (χ1v) is 8.11. The van der Waals surface area contributed by atoms with Crippen molar-refractivity contribution in [3.8, 4) is 11.4 Å². The van der Waals surface area contributed by atoms with Gasteiger partial charge >= 0.3 is 6.09 Å². The van der Waals surface area contributed by atoms with Gasteiger partial charge in [-0.3, -0.25) is 0 Å². The fourth-order valence-electron chi connectivity index (χ4n) is 2.91. The zero-order valence-corrected chi connectivity index (χ0v) is 14.0. The summed E-state index contributed by atoms with van der Waals surface area (Å²) in [5, 5.41) is 22.6. The zero-order chi connectivity index (χ0) is 18.1. The van der Waals surface area contributed by atoms with Crippen LogP contribution >= 0.6 is 0 Å². The summed E-state index contributed by atoms with van der Waals surface area (Å²) in [7, 11) is 1.61. The Morgan fingerprint density at radius 2 is 2.04 bits per heavy atom. The lowest BCUT2D eigenvalue weighted by Crippen LogP contribution is -2.49. The van der Waals surface area contributed by atoms with Crippen LogP contribution in [0.1, 0.15) is 12.8 Å². The molecule has 0 saturated heterocycles. The second-order valence-electron chi connectivity index (χ2n) is 6.06. The molecule has 0 spiro atoms. The minimum Gasteiger partial charge on any atom is -0.497 e. The Morgan fingerprint density at radius 3 is 2.73 bits per heavy atom. The molecule has 4 rings (SSSR count). The second-order valence-corrected chi connectivity index (χ2v) is 6.06. The van der Waals surface area contributed by atoms with Gasteiger partial charge in [0.1, 0.15) is 5.75 Å². The largest absolute Gasteiger partial charge is 0.497 e. The van der Waals surface area contributed by atoms with Gasteiger partial charge in [-0.2, -0.15) is 9.67 Å². The lowest BCUT2D eigenvalue weighted by molar-refractivity contribution is 0.180. The molecule has 10 heteroatoms. The summed E-state index contributed by atoms with van der Waals surface area (Å²) in [6, 6.07) is 7.53. The first-order valence-electron chi connectivity index (χ1n) is 8.11. The van der Waals surface area contributed by atoms with E-state index < -0.39 is 6.09 Å². The Bertz CT molecular complexity index is 935. The van der Waals surface area contributed by atoms with Gasteiger partial charge in [-0.15, -0.1) is 5.10 Å². The third kappa shape index (κ3) is 3.08. The van der Waals surface area contributed by atoms with E-state index >= 15 is 0 Å². The number of hydrogen-bond donors (Lipinski definition) is 3. The van der Waals surface area contributed by atoms with Crippen LogP contribution in [0.25, 0.3) is 16.9 Å². The van der Waals surface area contributed by atoms with Gasteiger partial charge in [0.25, 0.3) is 0 Å². The maximum atomic E-state index is 10.6. The number of benzene rings is 1. The van der Waals surface area contributed by atoms with E-state index in [1.165, 1.54) is 0 Å². The molecule has 2 heterocycles. The average molecular weight is 355 g/mol. The van der Waals surface area contributed by atoms with E-state index in [0.29, 0.717) is 30.0 Å². The summed E-state index contributed by atoms with van der Waals surface area (Å²) in [4.78, 5) is 19.4. The van der Waals surface area contributed by atoms with Crippen LogP contribution < -0.4 is 15.4 Å². The fourth-order valence-corrected chi connectivity index (χ4v) is 2.91. The highest BCUT2D eigenvalue weighted by atomic mass is 16.5. The maximum Gasteiger partial charge on any atom is 0.404 e. The van der Waals surface area contributed by atoms with E-state index in [0.717, 1.165) is 11.4 Å². The van der Waals surface area contributed by atoms with Crippen molar-refractivity contribution < 1.29 is 14.6 Å². The standard InChI is InChI=1S/C16H17N7O3/c1-26-12-4-2-11(3-5-12)23-14-13(21-22-23)8-17-15(20-14)18-9-6-10(7-9)19-16(24)25/h2-5,8-10,19H,6-7H2,1H3,(H,24,25)(H,17,18,20). The molecule has 0 unspecified atom stereocenters. The molecule has 3 N–H and O–H groups in total. The molecular weight excluding hydrogens is 338 g/mol. The average Bonchev–Trinajstić information content (AvgIpc) is 3.03. The predicted octanol–water partition coefficient (Wildman–Crippen LogP) is 1.43. The van der Waals surface area contributed by atoms with Crippen molar-refractivity contribution in [1.29, 1.82) is 0 Å². The van der Waals surface area contributed by atoms with Crippen molar-refractivity contribution in [2.75, 3.05) is 12.4 Å². The Hall–Kier alpha value is -3.43. The number of nitrogens with one attached hydrogen (secondary N) is 2. The van der Waals surface area contributed by atoms with Crippen LogP contribution in [-0.2, 0) is 0 Å². The molecule has 1 fully saturated rings. The number of carbonyl (C=O) groups is 1. The molecule has 1 amide bonds. The number of rotatable bonds is 5. The summed E-state index contributed by atoms with van der Waals surface area (Å²) < 4.78 is 6.80. The zero-order valence-electron chi connectivity index (χ0n) is 14.0. The lowest BCUT2D eigenvalue weighted by atomic mass is 9.87. The Kier molecular flexibility index (Phi) is 3.99. The summed E-state index contributed by atoms with van der Waals surface area (Å²) in [6.07, 6.45) is 2.01. The smallest absolute Gasteiger partial charge is 0.404 e. The highest BCUT2D eigenvalue weighted by Gasteiger charge is 2.30. The van der Waals surface area contributed by atoms with Gasteiger partial charge < -0.3 is 20.5 Å². The van der Waals surface area contributed by atoms with Crippen molar-refractivity contribution in [3.63, 3.8) is 0 Å². The SMILES string of the molecule is COc1ccc(-n2nnc3cnc(NC4CC(NC(=O)O)C4)nc32)cc1. The summed E-state index contributed by atoms with van der Waals surface area (Å²) in [6.45, 7) is 0. The van der Waals surface area contributed by atoms with Crippen LogP contribution in [0.15, 0.2) is 30.5 Å². The van der Waals surface area contributed by atoms with Gasteiger partial charge in [-0.1, -0.05) is 5.21 Å². The van der Waals surface area contributed by atoms with E-state index in [2.05, 4.69) is 30.9 Å². The Labute approximate surface area is 148 Å². The first-order chi connectivity index (χ1) is 12.6. The molecule has 0 atom stereocenters. The van der Waals surface area contributed by atoms with Crippen LogP contribution in [0.5, 0.6) is 5.75 Å². The van der Waals surface area contributed by atoms with E-state index in [9.17, 15) is 4.79 Å². The van der Waals surface area contributed by atoms with Crippen molar-refractivity contribution in [2.24, 2.45) is 0 Å². The summed E-state index contributed by atoms with van der Waals surface area (Å²) in [5.41, 5.74) is 1.99. The molecule has 1 aromatic carbocycles. The van der Waals surface area contributed by atoms with Crippen LogP contribution in [0, 0.1) is 0 Å². The Balaban J connectivity index is 1.52. The number of fused-ring (bicyclic) bond motifs is 1. The number of aromatic nitrogens is 5. The van der Waals surface area contributed by atoms with Crippen molar-refractivity contribution >= 4 is 23.2 Å². The molecule has 0 aliphatic heterocycles. The number of methoxy groups -OCH3 is 1. The van der Waals surface area contributed by atoms with Gasteiger partial charge in [0, 0.05) is 12.1 Å². The highest BCUT2D eigenvalue weighted by Crippen LogP contribution is 2.24. The van der Waals surface area contributed by atoms with E-state index in [1.54, 1.807) is 18.0 Å². The molecular formula is C16H17N7O3. The topological polar surface area (TPSA) is 127 Å². The van der Waals surface area contributed by atoms with Crippen LogP contribution in [-0.4, -0.2) is 55.4 Å². The maximum absolute atomic E-state index is 10.6. The third-order valence-electron chi connectivity index (χ3n) is 4.31. The molecule has 3 aromatic rings. The molecule has 1 aliphatic rings. The number of hydrogen-bond acceptors (Lipinski definition) is 7. The minimum absolute atomic E-state index is 0.0276. The molecule has 0 bridgehead atoms. The molecule has 134 valence electrons. The lowest BCUT2D eigenvalue weighted by Gasteiger charge is -2.35. The number of anilines is 1. The first kappa shape index (κ1) is 16.1. The van der Waals surface area contributed by atoms with E-state index in [1.807, 2.05) is 24.3 Å². The monoisotopic (exact) mass is 355 g/mol. The van der Waals surface area contributed by atoms with Gasteiger partial charge in [-0.05, 0) is 37.1 Å². The van der Waals surface area contributed by atoms with E-state index in [4.69, 9.17) is 9.84 Å². The Morgan fingerprint density at radius 1 is 1.27 bits per heavy atom. The normalized spacial score (nSPS) is 19.0. The van der Waals surface area contributed by atoms with Crippen molar-refractivity contribution in [2.45, 2.75) is 24.9 Å². The minimum atomic E-state index is -0.999. The van der Waals surface area contributed by atoms with Crippen molar-refractivity contribution in [1.82, 2.24) is 30.3 Å². The van der Waals surface area contributed by atoms with Gasteiger partial charge in [0.15, 0.2) is 11.2 Å². The van der Waals surface area contributed by atoms with Crippen LogP contribution in [0.3, 0.4) is 0 Å². The number of amides is 1. The highest BCUT2D eigenvalue weighted by molar-refractivity contribution is 5.72. The van der Waals surface area contributed by atoms with Gasteiger partial charge in [0.2, 0.25) is 5.95 Å². The van der Waals surface area contributed by atoms with Gasteiger partial charge in [0.05, 0.1) is 19.0 Å². The van der Waals surface area contributed by atoms with Gasteiger partial charge in [-0.25, -0.2) is 9.78 Å². The number of nitrogens with zero attached hydrogens (tertiary/aromatic N) is 5.